The van der Waals surface area contributed by atoms with E-state index >= 15 is 0 Å². The molecule has 28 heavy (non-hydrogen) atoms. The fraction of sp³-hybridized carbons (Fsp3) is 0.389. The summed E-state index contributed by atoms with van der Waals surface area (Å²) in [6.07, 6.45) is 2.56. The van der Waals surface area contributed by atoms with Crippen molar-refractivity contribution < 1.29 is 4.74 Å². The van der Waals surface area contributed by atoms with E-state index in [9.17, 15) is 0 Å². The molecule has 2 N–H and O–H groups in total. The van der Waals surface area contributed by atoms with E-state index in [1.54, 1.807) is 18.1 Å². The number of nitrogens with one attached hydrogen (secondary N) is 2. The van der Waals surface area contributed by atoms with Gasteiger partial charge in [0.05, 0.1) is 6.61 Å². The smallest absolute Gasteiger partial charge is 0.258 e. The van der Waals surface area contributed by atoms with Crippen LogP contribution in [0.1, 0.15) is 20.3 Å². The summed E-state index contributed by atoms with van der Waals surface area (Å²) >= 11 is 1.51. The third kappa shape index (κ3) is 5.56. The van der Waals surface area contributed by atoms with Gasteiger partial charge < -0.3 is 15.4 Å². The molecule has 0 saturated heterocycles. The minimum Gasteiger partial charge on any atom is -0.493 e. The van der Waals surface area contributed by atoms with E-state index in [1.807, 2.05) is 30.3 Å². The molecule has 2 aromatic heterocycles. The summed E-state index contributed by atoms with van der Waals surface area (Å²) in [6.45, 7) is 4.74. The van der Waals surface area contributed by atoms with Crippen molar-refractivity contribution in [3.63, 3.8) is 0 Å². The molecule has 1 aromatic carbocycles. The average Bonchev–Trinajstić information content (AvgIpc) is 3.20. The lowest BCUT2D eigenvalue weighted by Crippen LogP contribution is -2.18. The number of benzene rings is 1. The van der Waals surface area contributed by atoms with Crippen molar-refractivity contribution >= 4 is 23.7 Å². The van der Waals surface area contributed by atoms with Crippen LogP contribution in [0.4, 0.5) is 11.9 Å². The standard InChI is InChI=1S/C18H24N8OS/c1-4-13(2)21-16-22-15(19-3)23-17(24-16)26-12-20-18(25-26)28-11-10-27-14-8-6-5-7-9-14/h5-9,12-13H,4,10-11H2,1-3H3,(H2,19,21,22,23,24). The van der Waals surface area contributed by atoms with Crippen LogP contribution >= 0.6 is 11.8 Å². The number of ether oxygens (including phenoxy) is 1. The Morgan fingerprint density at radius 3 is 2.68 bits per heavy atom. The molecule has 0 amide bonds. The van der Waals surface area contributed by atoms with Gasteiger partial charge in [-0.15, -0.1) is 5.10 Å². The molecular formula is C18H24N8OS. The molecule has 9 nitrogen and oxygen atoms in total. The van der Waals surface area contributed by atoms with E-state index in [0.29, 0.717) is 29.6 Å². The van der Waals surface area contributed by atoms with Crippen molar-refractivity contribution in [3.05, 3.63) is 36.7 Å². The number of thioether (sulfide) groups is 1. The van der Waals surface area contributed by atoms with Crippen LogP contribution in [0.25, 0.3) is 5.95 Å². The number of nitrogens with zero attached hydrogens (tertiary/aromatic N) is 6. The number of hydrogen-bond acceptors (Lipinski definition) is 9. The molecule has 0 aliphatic carbocycles. The Morgan fingerprint density at radius 1 is 1.14 bits per heavy atom. The zero-order valence-corrected chi connectivity index (χ0v) is 17.0. The first-order chi connectivity index (χ1) is 13.7. The van der Waals surface area contributed by atoms with Gasteiger partial charge in [-0.25, -0.2) is 4.98 Å². The molecule has 3 aromatic rings. The van der Waals surface area contributed by atoms with Gasteiger partial charge >= 0.3 is 0 Å². The third-order valence-corrected chi connectivity index (χ3v) is 4.65. The van der Waals surface area contributed by atoms with Gasteiger partial charge in [-0.3, -0.25) is 0 Å². The second-order valence-electron chi connectivity index (χ2n) is 5.97. The molecular weight excluding hydrogens is 376 g/mol. The van der Waals surface area contributed by atoms with Gasteiger partial charge in [-0.05, 0) is 25.5 Å². The van der Waals surface area contributed by atoms with Crippen LogP contribution in [-0.4, -0.2) is 55.2 Å². The van der Waals surface area contributed by atoms with Crippen LogP contribution in [0.3, 0.4) is 0 Å². The predicted octanol–water partition coefficient (Wildman–Crippen LogP) is 2.88. The van der Waals surface area contributed by atoms with Gasteiger partial charge in [-0.1, -0.05) is 36.9 Å². The number of para-hydroxylation sites is 1. The first-order valence-electron chi connectivity index (χ1n) is 9.11. The number of hydrogen-bond donors (Lipinski definition) is 2. The van der Waals surface area contributed by atoms with Crippen molar-refractivity contribution in [2.24, 2.45) is 0 Å². The monoisotopic (exact) mass is 400 g/mol. The minimum absolute atomic E-state index is 0.256. The second-order valence-corrected chi connectivity index (χ2v) is 7.03. The van der Waals surface area contributed by atoms with E-state index < -0.39 is 0 Å². The first kappa shape index (κ1) is 19.9. The number of anilines is 2. The van der Waals surface area contributed by atoms with E-state index in [4.69, 9.17) is 4.74 Å². The van der Waals surface area contributed by atoms with Crippen LogP contribution in [0.2, 0.25) is 0 Å². The quantitative estimate of drug-likeness (QED) is 0.393. The SMILES string of the molecule is CCC(C)Nc1nc(NC)nc(-n2cnc(SCCOc3ccccc3)n2)n1. The maximum atomic E-state index is 5.68. The molecule has 0 spiro atoms. The second kappa shape index (κ2) is 9.88. The van der Waals surface area contributed by atoms with Crippen molar-refractivity contribution in [3.8, 4) is 11.7 Å². The van der Waals surface area contributed by atoms with Crippen LogP contribution in [0.15, 0.2) is 41.8 Å². The lowest BCUT2D eigenvalue weighted by Gasteiger charge is -2.12. The largest absolute Gasteiger partial charge is 0.493 e. The molecule has 2 heterocycles. The maximum Gasteiger partial charge on any atom is 0.258 e. The van der Waals surface area contributed by atoms with Gasteiger partial charge in [0.1, 0.15) is 12.1 Å². The third-order valence-electron chi connectivity index (χ3n) is 3.84. The van der Waals surface area contributed by atoms with Crippen molar-refractivity contribution in [2.75, 3.05) is 30.0 Å². The van der Waals surface area contributed by atoms with Crippen LogP contribution in [-0.2, 0) is 0 Å². The molecule has 0 radical (unpaired) electrons. The minimum atomic E-state index is 0.256. The highest BCUT2D eigenvalue weighted by Crippen LogP contribution is 2.16. The average molecular weight is 401 g/mol. The van der Waals surface area contributed by atoms with Crippen molar-refractivity contribution in [1.82, 2.24) is 29.7 Å². The molecule has 1 atom stereocenters. The number of aromatic nitrogens is 6. The Balaban J connectivity index is 1.61. The molecule has 0 aliphatic rings. The molecule has 0 saturated carbocycles. The van der Waals surface area contributed by atoms with Crippen LogP contribution < -0.4 is 15.4 Å². The van der Waals surface area contributed by atoms with Crippen molar-refractivity contribution in [2.45, 2.75) is 31.5 Å². The lowest BCUT2D eigenvalue weighted by molar-refractivity contribution is 0.344. The Morgan fingerprint density at radius 2 is 1.93 bits per heavy atom. The van der Waals surface area contributed by atoms with Crippen LogP contribution in [0.5, 0.6) is 5.75 Å². The van der Waals surface area contributed by atoms with E-state index in [0.717, 1.165) is 17.9 Å². The van der Waals surface area contributed by atoms with Crippen molar-refractivity contribution in [1.29, 1.82) is 0 Å². The van der Waals surface area contributed by atoms with E-state index in [1.165, 1.54) is 11.8 Å². The fourth-order valence-electron chi connectivity index (χ4n) is 2.19. The maximum absolute atomic E-state index is 5.68. The topological polar surface area (TPSA) is 103 Å². The summed E-state index contributed by atoms with van der Waals surface area (Å²) in [4.78, 5) is 17.5. The van der Waals surface area contributed by atoms with Gasteiger partial charge in [0.25, 0.3) is 5.95 Å². The summed E-state index contributed by atoms with van der Waals surface area (Å²) in [5.74, 6) is 2.97. The highest BCUT2D eigenvalue weighted by Gasteiger charge is 2.11. The van der Waals surface area contributed by atoms with Gasteiger partial charge in [0.15, 0.2) is 0 Å². The Bertz CT molecular complexity index is 873. The zero-order chi connectivity index (χ0) is 19.8. The summed E-state index contributed by atoms with van der Waals surface area (Å²) in [6, 6.07) is 9.98. The fourth-order valence-corrected chi connectivity index (χ4v) is 2.80. The number of rotatable bonds is 10. The molecule has 148 valence electrons. The van der Waals surface area contributed by atoms with E-state index in [-0.39, 0.29) is 6.04 Å². The highest BCUT2D eigenvalue weighted by molar-refractivity contribution is 7.99. The molecule has 0 bridgehead atoms. The van der Waals surface area contributed by atoms with Gasteiger partial charge in [0, 0.05) is 18.8 Å². The lowest BCUT2D eigenvalue weighted by atomic mass is 10.3. The molecule has 10 heteroatoms. The Hall–Kier alpha value is -2.88. The molecule has 0 fully saturated rings. The van der Waals surface area contributed by atoms with Gasteiger partial charge in [0.2, 0.25) is 17.1 Å². The summed E-state index contributed by atoms with van der Waals surface area (Å²) in [5.41, 5.74) is 0. The zero-order valence-electron chi connectivity index (χ0n) is 16.2. The Labute approximate surface area is 168 Å². The first-order valence-corrected chi connectivity index (χ1v) is 10.1. The summed E-state index contributed by atoms with van der Waals surface area (Å²) in [7, 11) is 1.77. The van der Waals surface area contributed by atoms with Crippen LogP contribution in [0, 0.1) is 0 Å². The molecule has 0 aliphatic heterocycles. The summed E-state index contributed by atoms with van der Waals surface area (Å²) < 4.78 is 7.23. The molecule has 1 unspecified atom stereocenters. The predicted molar refractivity (Wildman–Crippen MR) is 110 cm³/mol. The van der Waals surface area contributed by atoms with E-state index in [2.05, 4.69) is 49.5 Å². The normalized spacial score (nSPS) is 11.8. The Kier molecular flexibility index (Phi) is 7.01. The highest BCUT2D eigenvalue weighted by atomic mass is 32.2. The molecule has 3 rings (SSSR count). The van der Waals surface area contributed by atoms with Gasteiger partial charge in [-0.2, -0.15) is 19.6 Å². The summed E-state index contributed by atoms with van der Waals surface area (Å²) in [5, 5.41) is 11.3.